The van der Waals surface area contributed by atoms with Crippen molar-refractivity contribution < 1.29 is 4.42 Å². The molecule has 250 valence electrons. The quantitative estimate of drug-likeness (QED) is 0.175. The number of furan rings is 1. The van der Waals surface area contributed by atoms with Gasteiger partial charge in [0.25, 0.3) is 0 Å². The summed E-state index contributed by atoms with van der Waals surface area (Å²) in [6.07, 6.45) is 6.50. The van der Waals surface area contributed by atoms with Crippen LogP contribution in [0.15, 0.2) is 174 Å². The zero-order chi connectivity index (χ0) is 34.4. The molecule has 1 fully saturated rings. The van der Waals surface area contributed by atoms with Gasteiger partial charge in [-0.25, -0.2) is 0 Å². The van der Waals surface area contributed by atoms with Gasteiger partial charge in [0, 0.05) is 27.6 Å². The van der Waals surface area contributed by atoms with E-state index in [9.17, 15) is 0 Å². The lowest BCUT2D eigenvalue weighted by atomic mass is 9.80. The van der Waals surface area contributed by atoms with E-state index in [1.54, 1.807) is 0 Å². The summed E-state index contributed by atoms with van der Waals surface area (Å²) < 4.78 is 6.24. The van der Waals surface area contributed by atoms with Gasteiger partial charge in [-0.1, -0.05) is 147 Å². The standard InChI is InChI=1S/C50H39NO/c1-2-15-35(16-3-1)41-23-12-18-36-19-13-24-44(50(36)41)42-21-7-10-26-47(42)51(39-30-28-34-14-4-5-17-37(34)32-39)46-25-9-6-20-40(46)38-29-31-49-45(33-38)43-22-8-11-27-48(43)52-49/h4-14,17-33,35H,1-3,15-16H2. The van der Waals surface area contributed by atoms with Crippen LogP contribution in [-0.2, 0) is 0 Å². The van der Waals surface area contributed by atoms with Gasteiger partial charge in [-0.2, -0.15) is 0 Å². The summed E-state index contributed by atoms with van der Waals surface area (Å²) in [6.45, 7) is 0. The monoisotopic (exact) mass is 669 g/mol. The Labute approximate surface area is 304 Å². The van der Waals surface area contributed by atoms with Crippen molar-refractivity contribution in [3.8, 4) is 22.3 Å². The molecule has 0 aliphatic heterocycles. The summed E-state index contributed by atoms with van der Waals surface area (Å²) in [4.78, 5) is 2.48. The van der Waals surface area contributed by atoms with E-state index in [1.807, 2.05) is 12.1 Å². The van der Waals surface area contributed by atoms with E-state index in [1.165, 1.54) is 75.9 Å². The van der Waals surface area contributed by atoms with E-state index < -0.39 is 0 Å². The predicted octanol–water partition coefficient (Wildman–Crippen LogP) is 14.7. The molecule has 0 atom stereocenters. The molecule has 2 heteroatoms. The van der Waals surface area contributed by atoms with Crippen LogP contribution in [0.4, 0.5) is 17.1 Å². The summed E-state index contributed by atoms with van der Waals surface area (Å²) in [5, 5.41) is 7.43. The van der Waals surface area contributed by atoms with Crippen molar-refractivity contribution in [1.82, 2.24) is 0 Å². The molecule has 0 spiro atoms. The number of nitrogens with zero attached hydrogens (tertiary/aromatic N) is 1. The number of rotatable bonds is 6. The normalized spacial score (nSPS) is 13.7. The maximum Gasteiger partial charge on any atom is 0.135 e. The van der Waals surface area contributed by atoms with Gasteiger partial charge in [0.2, 0.25) is 0 Å². The fourth-order valence-corrected chi connectivity index (χ4v) is 8.77. The topological polar surface area (TPSA) is 16.4 Å². The SMILES string of the molecule is c1ccc(N(c2ccc3ccccc3c2)c2ccccc2-c2cccc3cccc(C4CCCCC4)c23)c(-c2ccc3oc4ccccc4c3c2)c1. The highest BCUT2D eigenvalue weighted by Crippen LogP contribution is 2.48. The lowest BCUT2D eigenvalue weighted by Gasteiger charge is -2.31. The maximum atomic E-state index is 6.24. The number of hydrogen-bond donors (Lipinski definition) is 0. The van der Waals surface area contributed by atoms with Crippen LogP contribution in [0.5, 0.6) is 0 Å². The molecule has 1 aliphatic rings. The second-order valence-electron chi connectivity index (χ2n) is 14.3. The van der Waals surface area contributed by atoms with Gasteiger partial charge in [0.05, 0.1) is 11.4 Å². The van der Waals surface area contributed by atoms with E-state index >= 15 is 0 Å². The molecule has 0 unspecified atom stereocenters. The lowest BCUT2D eigenvalue weighted by Crippen LogP contribution is -2.12. The summed E-state index contributed by atoms with van der Waals surface area (Å²) in [5.41, 5.74) is 11.6. The molecule has 1 saturated carbocycles. The molecule has 52 heavy (non-hydrogen) atoms. The summed E-state index contributed by atoms with van der Waals surface area (Å²) in [6, 6.07) is 62.2. The van der Waals surface area contributed by atoms with E-state index in [4.69, 9.17) is 4.42 Å². The second kappa shape index (κ2) is 12.9. The average molecular weight is 670 g/mol. The first kappa shape index (κ1) is 30.7. The van der Waals surface area contributed by atoms with Gasteiger partial charge in [-0.3, -0.25) is 0 Å². The number of fused-ring (bicyclic) bond motifs is 5. The first-order chi connectivity index (χ1) is 25.8. The summed E-state index contributed by atoms with van der Waals surface area (Å²) in [7, 11) is 0. The van der Waals surface area contributed by atoms with Gasteiger partial charge in [-0.15, -0.1) is 0 Å². The van der Waals surface area contributed by atoms with Gasteiger partial charge >= 0.3 is 0 Å². The molecule has 9 aromatic rings. The molecule has 8 aromatic carbocycles. The average Bonchev–Trinajstić information content (AvgIpc) is 3.59. The lowest BCUT2D eigenvalue weighted by molar-refractivity contribution is 0.445. The van der Waals surface area contributed by atoms with Crippen molar-refractivity contribution in [1.29, 1.82) is 0 Å². The first-order valence-electron chi connectivity index (χ1n) is 18.7. The van der Waals surface area contributed by atoms with Crippen LogP contribution in [0.2, 0.25) is 0 Å². The Balaban J connectivity index is 1.22. The van der Waals surface area contributed by atoms with Crippen LogP contribution < -0.4 is 4.90 Å². The Kier molecular flexibility index (Phi) is 7.61. The molecule has 0 radical (unpaired) electrons. The number of anilines is 3. The van der Waals surface area contributed by atoms with Crippen molar-refractivity contribution in [2.45, 2.75) is 38.0 Å². The molecule has 1 aliphatic carbocycles. The van der Waals surface area contributed by atoms with Crippen molar-refractivity contribution >= 4 is 60.5 Å². The summed E-state index contributed by atoms with van der Waals surface area (Å²) >= 11 is 0. The first-order valence-corrected chi connectivity index (χ1v) is 18.7. The fourth-order valence-electron chi connectivity index (χ4n) is 8.77. The Morgan fingerprint density at radius 1 is 0.442 bits per heavy atom. The number of benzene rings is 8. The minimum atomic E-state index is 0.594. The van der Waals surface area contributed by atoms with Crippen molar-refractivity contribution in [3.05, 3.63) is 175 Å². The molecular weight excluding hydrogens is 631 g/mol. The minimum Gasteiger partial charge on any atom is -0.456 e. The van der Waals surface area contributed by atoms with Crippen LogP contribution >= 0.6 is 0 Å². The Morgan fingerprint density at radius 2 is 1.10 bits per heavy atom. The van der Waals surface area contributed by atoms with Crippen LogP contribution in [0, 0.1) is 0 Å². The van der Waals surface area contributed by atoms with Crippen LogP contribution in [0.25, 0.3) is 65.7 Å². The van der Waals surface area contributed by atoms with Crippen molar-refractivity contribution in [3.63, 3.8) is 0 Å². The van der Waals surface area contributed by atoms with Crippen molar-refractivity contribution in [2.75, 3.05) is 4.90 Å². The van der Waals surface area contributed by atoms with Gasteiger partial charge in [0.15, 0.2) is 0 Å². The van der Waals surface area contributed by atoms with Gasteiger partial charge in [-0.05, 0) is 99.5 Å². The zero-order valence-electron chi connectivity index (χ0n) is 29.1. The van der Waals surface area contributed by atoms with E-state index in [-0.39, 0.29) is 0 Å². The maximum absolute atomic E-state index is 6.24. The van der Waals surface area contributed by atoms with E-state index in [0.29, 0.717) is 5.92 Å². The van der Waals surface area contributed by atoms with Crippen LogP contribution in [0.3, 0.4) is 0 Å². The Bertz CT molecular complexity index is 2740. The Hall–Kier alpha value is -6.12. The fraction of sp³-hybridized carbons (Fsp3) is 0.120. The van der Waals surface area contributed by atoms with E-state index in [2.05, 4.69) is 163 Å². The van der Waals surface area contributed by atoms with Crippen LogP contribution in [-0.4, -0.2) is 0 Å². The smallest absolute Gasteiger partial charge is 0.135 e. The van der Waals surface area contributed by atoms with Gasteiger partial charge in [0.1, 0.15) is 11.2 Å². The molecule has 2 nitrogen and oxygen atoms in total. The van der Waals surface area contributed by atoms with Crippen LogP contribution in [0.1, 0.15) is 43.6 Å². The Morgan fingerprint density at radius 3 is 1.96 bits per heavy atom. The highest BCUT2D eigenvalue weighted by Gasteiger charge is 2.24. The molecule has 1 aromatic heterocycles. The highest BCUT2D eigenvalue weighted by atomic mass is 16.3. The third kappa shape index (κ3) is 5.26. The third-order valence-corrected chi connectivity index (χ3v) is 11.2. The second-order valence-corrected chi connectivity index (χ2v) is 14.3. The minimum absolute atomic E-state index is 0.594. The molecule has 0 bridgehead atoms. The largest absolute Gasteiger partial charge is 0.456 e. The highest BCUT2D eigenvalue weighted by molar-refractivity contribution is 6.08. The third-order valence-electron chi connectivity index (χ3n) is 11.2. The molecule has 0 amide bonds. The van der Waals surface area contributed by atoms with E-state index in [0.717, 1.165) is 44.6 Å². The summed E-state index contributed by atoms with van der Waals surface area (Å²) in [5.74, 6) is 0.594. The number of hydrogen-bond acceptors (Lipinski definition) is 2. The molecule has 10 rings (SSSR count). The molecular formula is C50H39NO. The predicted molar refractivity (Wildman–Crippen MR) is 220 cm³/mol. The van der Waals surface area contributed by atoms with Gasteiger partial charge < -0.3 is 9.32 Å². The molecule has 0 N–H and O–H groups in total. The number of para-hydroxylation sites is 3. The van der Waals surface area contributed by atoms with Crippen molar-refractivity contribution in [2.24, 2.45) is 0 Å². The zero-order valence-corrected chi connectivity index (χ0v) is 29.1. The molecule has 1 heterocycles. The molecule has 0 saturated heterocycles.